The zero-order valence-corrected chi connectivity index (χ0v) is 11.4. The molecule has 0 saturated carbocycles. The molecule has 0 fully saturated rings. The second kappa shape index (κ2) is 7.45. The van der Waals surface area contributed by atoms with Crippen LogP contribution in [-0.2, 0) is 4.79 Å². The number of carbonyl (C=O) groups excluding carboxylic acids is 1. The van der Waals surface area contributed by atoms with Crippen LogP contribution in [0, 0.1) is 5.92 Å². The van der Waals surface area contributed by atoms with Crippen molar-refractivity contribution in [3.05, 3.63) is 22.4 Å². The van der Waals surface area contributed by atoms with E-state index >= 15 is 0 Å². The van der Waals surface area contributed by atoms with E-state index in [4.69, 9.17) is 5.73 Å². The Bertz CT molecular complexity index is 324. The minimum absolute atomic E-state index is 0.000631. The van der Waals surface area contributed by atoms with Crippen LogP contribution in [-0.4, -0.2) is 12.5 Å². The summed E-state index contributed by atoms with van der Waals surface area (Å²) in [6.07, 6.45) is 2.80. The van der Waals surface area contributed by atoms with Crippen molar-refractivity contribution >= 4 is 17.2 Å². The topological polar surface area (TPSA) is 55.1 Å². The molecule has 1 heterocycles. The summed E-state index contributed by atoms with van der Waals surface area (Å²) in [7, 11) is 0. The maximum atomic E-state index is 12.0. The minimum Gasteiger partial charge on any atom is -0.348 e. The molecule has 0 bridgehead atoms. The van der Waals surface area contributed by atoms with Crippen molar-refractivity contribution in [1.82, 2.24) is 5.32 Å². The van der Waals surface area contributed by atoms with E-state index in [9.17, 15) is 4.79 Å². The van der Waals surface area contributed by atoms with Gasteiger partial charge in [-0.25, -0.2) is 0 Å². The number of carbonyl (C=O) groups is 1. The molecule has 0 saturated heterocycles. The van der Waals surface area contributed by atoms with Crippen molar-refractivity contribution in [2.45, 2.75) is 39.2 Å². The number of rotatable bonds is 7. The summed E-state index contributed by atoms with van der Waals surface area (Å²) in [6, 6.07) is 4.27. The molecule has 1 aromatic heterocycles. The highest BCUT2D eigenvalue weighted by Gasteiger charge is 2.18. The Morgan fingerprint density at radius 3 is 2.82 bits per heavy atom. The third-order valence-corrected chi connectivity index (χ3v) is 3.81. The molecule has 3 N–H and O–H groups in total. The zero-order valence-electron chi connectivity index (χ0n) is 10.6. The van der Waals surface area contributed by atoms with Crippen molar-refractivity contribution in [3.8, 4) is 0 Å². The SMILES string of the molecule is CCCC(NC(=O)C(C)CCN)c1cccs1. The molecule has 96 valence electrons. The highest BCUT2D eigenvalue weighted by atomic mass is 32.1. The van der Waals surface area contributed by atoms with E-state index in [1.54, 1.807) is 11.3 Å². The monoisotopic (exact) mass is 254 g/mol. The third-order valence-electron chi connectivity index (χ3n) is 2.83. The van der Waals surface area contributed by atoms with E-state index in [-0.39, 0.29) is 17.9 Å². The van der Waals surface area contributed by atoms with Gasteiger partial charge in [-0.1, -0.05) is 26.3 Å². The molecule has 1 rings (SSSR count). The van der Waals surface area contributed by atoms with Crippen LogP contribution in [0.25, 0.3) is 0 Å². The number of hydrogen-bond acceptors (Lipinski definition) is 3. The summed E-state index contributed by atoms with van der Waals surface area (Å²) in [5, 5.41) is 5.17. The number of hydrogen-bond donors (Lipinski definition) is 2. The van der Waals surface area contributed by atoms with Crippen LogP contribution in [0.5, 0.6) is 0 Å². The van der Waals surface area contributed by atoms with Gasteiger partial charge in [0.2, 0.25) is 5.91 Å². The van der Waals surface area contributed by atoms with Crippen LogP contribution in [0.1, 0.15) is 44.0 Å². The van der Waals surface area contributed by atoms with Gasteiger partial charge in [0.15, 0.2) is 0 Å². The molecule has 4 heteroatoms. The maximum Gasteiger partial charge on any atom is 0.223 e. The fourth-order valence-electron chi connectivity index (χ4n) is 1.76. The van der Waals surface area contributed by atoms with E-state index in [2.05, 4.69) is 18.3 Å². The van der Waals surface area contributed by atoms with Crippen LogP contribution in [0.4, 0.5) is 0 Å². The third kappa shape index (κ3) is 4.48. The van der Waals surface area contributed by atoms with Crippen LogP contribution >= 0.6 is 11.3 Å². The highest BCUT2D eigenvalue weighted by molar-refractivity contribution is 7.10. The normalized spacial score (nSPS) is 14.3. The molecule has 3 nitrogen and oxygen atoms in total. The Kier molecular flexibility index (Phi) is 6.22. The average molecular weight is 254 g/mol. The van der Waals surface area contributed by atoms with Gasteiger partial charge < -0.3 is 11.1 Å². The largest absolute Gasteiger partial charge is 0.348 e. The van der Waals surface area contributed by atoms with Gasteiger partial charge in [0.05, 0.1) is 6.04 Å². The number of nitrogens with one attached hydrogen (secondary N) is 1. The lowest BCUT2D eigenvalue weighted by Gasteiger charge is -2.19. The molecule has 0 spiro atoms. The van der Waals surface area contributed by atoms with Gasteiger partial charge in [-0.3, -0.25) is 4.79 Å². The van der Waals surface area contributed by atoms with Gasteiger partial charge in [-0.15, -0.1) is 11.3 Å². The summed E-state index contributed by atoms with van der Waals surface area (Å²) < 4.78 is 0. The van der Waals surface area contributed by atoms with Gasteiger partial charge in [0.25, 0.3) is 0 Å². The second-order valence-electron chi connectivity index (χ2n) is 4.34. The number of amides is 1. The van der Waals surface area contributed by atoms with Crippen LogP contribution in [0.3, 0.4) is 0 Å². The predicted molar refractivity (Wildman–Crippen MR) is 72.9 cm³/mol. The molecule has 17 heavy (non-hydrogen) atoms. The Labute approximate surface area is 107 Å². The minimum atomic E-state index is -0.000631. The summed E-state index contributed by atoms with van der Waals surface area (Å²) in [5.74, 6) is 0.113. The number of thiophene rings is 1. The molecule has 2 unspecified atom stereocenters. The zero-order chi connectivity index (χ0) is 12.7. The van der Waals surface area contributed by atoms with E-state index in [0.717, 1.165) is 19.3 Å². The van der Waals surface area contributed by atoms with Gasteiger partial charge >= 0.3 is 0 Å². The van der Waals surface area contributed by atoms with Gasteiger partial charge in [0, 0.05) is 10.8 Å². The maximum absolute atomic E-state index is 12.0. The molecule has 0 aliphatic rings. The summed E-state index contributed by atoms with van der Waals surface area (Å²) in [4.78, 5) is 13.2. The van der Waals surface area contributed by atoms with E-state index in [1.807, 2.05) is 18.4 Å². The fourth-order valence-corrected chi connectivity index (χ4v) is 2.57. The van der Waals surface area contributed by atoms with Gasteiger partial charge in [-0.05, 0) is 30.8 Å². The molecule has 0 aliphatic heterocycles. The van der Waals surface area contributed by atoms with Crippen molar-refractivity contribution in [2.75, 3.05) is 6.54 Å². The number of nitrogens with two attached hydrogens (primary N) is 1. The first-order chi connectivity index (χ1) is 8.19. The molecule has 1 aromatic rings. The van der Waals surface area contributed by atoms with Crippen molar-refractivity contribution in [2.24, 2.45) is 11.7 Å². The molecule has 1 amide bonds. The van der Waals surface area contributed by atoms with Gasteiger partial charge in [0.1, 0.15) is 0 Å². The van der Waals surface area contributed by atoms with Crippen molar-refractivity contribution < 1.29 is 4.79 Å². The molecule has 0 aromatic carbocycles. The second-order valence-corrected chi connectivity index (χ2v) is 5.32. The van der Waals surface area contributed by atoms with Crippen LogP contribution < -0.4 is 11.1 Å². The van der Waals surface area contributed by atoms with E-state index in [0.29, 0.717) is 6.54 Å². The van der Waals surface area contributed by atoms with Crippen LogP contribution in [0.15, 0.2) is 17.5 Å². The lowest BCUT2D eigenvalue weighted by molar-refractivity contribution is -0.125. The molecule has 2 atom stereocenters. The Hall–Kier alpha value is -0.870. The van der Waals surface area contributed by atoms with Crippen molar-refractivity contribution in [3.63, 3.8) is 0 Å². The molecular formula is C13H22N2OS. The summed E-state index contributed by atoms with van der Waals surface area (Å²) >= 11 is 1.70. The lowest BCUT2D eigenvalue weighted by Crippen LogP contribution is -2.33. The van der Waals surface area contributed by atoms with Crippen molar-refractivity contribution in [1.29, 1.82) is 0 Å². The molecule has 0 radical (unpaired) electrons. The highest BCUT2D eigenvalue weighted by Crippen LogP contribution is 2.23. The standard InChI is InChI=1S/C13H22N2OS/c1-3-5-11(12-6-4-9-17-12)15-13(16)10(2)7-8-14/h4,6,9-11H,3,5,7-8,14H2,1-2H3,(H,15,16). The predicted octanol–water partition coefficient (Wildman–Crippen LogP) is 2.69. The molecular weight excluding hydrogens is 232 g/mol. The first-order valence-corrected chi connectivity index (χ1v) is 7.10. The summed E-state index contributed by atoms with van der Waals surface area (Å²) in [6.45, 7) is 4.63. The summed E-state index contributed by atoms with van der Waals surface area (Å²) in [5.41, 5.74) is 5.47. The van der Waals surface area contributed by atoms with E-state index < -0.39 is 0 Å². The van der Waals surface area contributed by atoms with E-state index in [1.165, 1.54) is 4.88 Å². The fraction of sp³-hybridized carbons (Fsp3) is 0.615. The Morgan fingerprint density at radius 1 is 1.53 bits per heavy atom. The first kappa shape index (κ1) is 14.2. The smallest absolute Gasteiger partial charge is 0.223 e. The Balaban J connectivity index is 2.58. The first-order valence-electron chi connectivity index (χ1n) is 6.22. The lowest BCUT2D eigenvalue weighted by atomic mass is 10.1. The van der Waals surface area contributed by atoms with Gasteiger partial charge in [-0.2, -0.15) is 0 Å². The quantitative estimate of drug-likeness (QED) is 0.786. The molecule has 0 aliphatic carbocycles. The van der Waals surface area contributed by atoms with Crippen LogP contribution in [0.2, 0.25) is 0 Å². The Morgan fingerprint density at radius 2 is 2.29 bits per heavy atom. The average Bonchev–Trinajstić information content (AvgIpc) is 2.82.